The first kappa shape index (κ1) is 14.0. The molecule has 17 heavy (non-hydrogen) atoms. The van der Waals surface area contributed by atoms with E-state index in [1.54, 1.807) is 6.08 Å². The van der Waals surface area contributed by atoms with Crippen molar-refractivity contribution in [3.63, 3.8) is 0 Å². The van der Waals surface area contributed by atoms with Gasteiger partial charge in [0.15, 0.2) is 0 Å². The first-order chi connectivity index (χ1) is 8.11. The van der Waals surface area contributed by atoms with Crippen LogP contribution in [0.25, 0.3) is 0 Å². The molecule has 1 aromatic carbocycles. The van der Waals surface area contributed by atoms with Crippen molar-refractivity contribution in [2.75, 3.05) is 13.1 Å². The molecule has 0 aliphatic rings. The van der Waals surface area contributed by atoms with E-state index in [1.165, 1.54) is 0 Å². The fourth-order valence-corrected chi connectivity index (χ4v) is 2.12. The molecule has 0 unspecified atom stereocenters. The smallest absolute Gasteiger partial charge is 0.255 e. The minimum Gasteiger partial charge on any atom is -0.335 e. The molecule has 1 rings (SSSR count). The van der Waals surface area contributed by atoms with E-state index in [2.05, 4.69) is 29.4 Å². The van der Waals surface area contributed by atoms with Gasteiger partial charge >= 0.3 is 0 Å². The highest BCUT2D eigenvalue weighted by Gasteiger charge is 2.16. The fourth-order valence-electron chi connectivity index (χ4n) is 1.68. The van der Waals surface area contributed by atoms with E-state index in [1.807, 2.05) is 30.0 Å². The second kappa shape index (κ2) is 6.60. The topological polar surface area (TPSA) is 20.3 Å². The van der Waals surface area contributed by atoms with E-state index in [9.17, 15) is 4.79 Å². The summed E-state index contributed by atoms with van der Waals surface area (Å²) in [6.07, 6.45) is 2.71. The van der Waals surface area contributed by atoms with E-state index in [0.29, 0.717) is 6.54 Å². The van der Waals surface area contributed by atoms with Crippen LogP contribution in [0.5, 0.6) is 0 Å². The third-order valence-electron chi connectivity index (χ3n) is 2.55. The normalized spacial score (nSPS) is 10.1. The molecule has 92 valence electrons. The molecular formula is C14H18BrNO. The summed E-state index contributed by atoms with van der Waals surface area (Å²) in [5.41, 5.74) is 1.80. The van der Waals surface area contributed by atoms with E-state index >= 15 is 0 Å². The van der Waals surface area contributed by atoms with Gasteiger partial charge in [0.25, 0.3) is 5.91 Å². The van der Waals surface area contributed by atoms with E-state index in [-0.39, 0.29) is 5.91 Å². The highest BCUT2D eigenvalue weighted by atomic mass is 79.9. The Morgan fingerprint density at radius 1 is 1.53 bits per heavy atom. The van der Waals surface area contributed by atoms with E-state index < -0.39 is 0 Å². The van der Waals surface area contributed by atoms with Crippen molar-refractivity contribution in [2.24, 2.45) is 0 Å². The summed E-state index contributed by atoms with van der Waals surface area (Å²) in [5, 5.41) is 0. The molecule has 0 heterocycles. The van der Waals surface area contributed by atoms with Crippen LogP contribution < -0.4 is 0 Å². The molecule has 0 bridgehead atoms. The summed E-state index contributed by atoms with van der Waals surface area (Å²) in [6, 6.07) is 5.75. The second-order valence-electron chi connectivity index (χ2n) is 3.98. The Kier molecular flexibility index (Phi) is 5.42. The summed E-state index contributed by atoms with van der Waals surface area (Å²) in [6.45, 7) is 9.09. The molecule has 3 heteroatoms. The number of rotatable bonds is 5. The molecule has 1 aromatic rings. The quantitative estimate of drug-likeness (QED) is 0.757. The molecule has 0 aliphatic carbocycles. The van der Waals surface area contributed by atoms with E-state index in [4.69, 9.17) is 0 Å². The van der Waals surface area contributed by atoms with Gasteiger partial charge in [-0.2, -0.15) is 0 Å². The average Bonchev–Trinajstić information content (AvgIpc) is 2.31. The average molecular weight is 296 g/mol. The number of hydrogen-bond acceptors (Lipinski definition) is 1. The van der Waals surface area contributed by atoms with Gasteiger partial charge in [-0.25, -0.2) is 0 Å². The molecule has 0 radical (unpaired) electrons. The summed E-state index contributed by atoms with van der Waals surface area (Å²) in [7, 11) is 0. The maximum Gasteiger partial charge on any atom is 0.255 e. The molecule has 0 aliphatic heterocycles. The zero-order valence-corrected chi connectivity index (χ0v) is 12.0. The number of hydrogen-bond donors (Lipinski definition) is 0. The SMILES string of the molecule is C=CCN(CCC)C(=O)c1cccc(C)c1Br. The summed E-state index contributed by atoms with van der Waals surface area (Å²) in [4.78, 5) is 14.2. The van der Waals surface area contributed by atoms with Crippen molar-refractivity contribution >= 4 is 21.8 Å². The molecule has 0 atom stereocenters. The van der Waals surface area contributed by atoms with Gasteiger partial charge in [-0.05, 0) is 40.9 Å². The zero-order chi connectivity index (χ0) is 12.8. The van der Waals surface area contributed by atoms with Crippen LogP contribution in [0, 0.1) is 6.92 Å². The van der Waals surface area contributed by atoms with Crippen molar-refractivity contribution in [1.29, 1.82) is 0 Å². The Hall–Kier alpha value is -1.09. The first-order valence-electron chi connectivity index (χ1n) is 5.77. The third-order valence-corrected chi connectivity index (χ3v) is 3.61. The third kappa shape index (κ3) is 3.43. The predicted molar refractivity (Wildman–Crippen MR) is 75.3 cm³/mol. The van der Waals surface area contributed by atoms with Gasteiger partial charge in [0.05, 0.1) is 5.56 Å². The maximum absolute atomic E-state index is 12.3. The number of carbonyl (C=O) groups is 1. The van der Waals surface area contributed by atoms with Crippen LogP contribution in [0.2, 0.25) is 0 Å². The zero-order valence-electron chi connectivity index (χ0n) is 10.4. The standard InChI is InChI=1S/C14H18BrNO/c1-4-9-16(10-5-2)14(17)12-8-6-7-11(3)13(12)15/h4,6-8H,1,5,9-10H2,2-3H3. The van der Waals surface area contributed by atoms with Crippen molar-refractivity contribution in [3.05, 3.63) is 46.5 Å². The van der Waals surface area contributed by atoms with Crippen LogP contribution in [0.15, 0.2) is 35.3 Å². The van der Waals surface area contributed by atoms with Crippen LogP contribution in [0.3, 0.4) is 0 Å². The lowest BCUT2D eigenvalue weighted by molar-refractivity contribution is 0.0773. The molecule has 2 nitrogen and oxygen atoms in total. The summed E-state index contributed by atoms with van der Waals surface area (Å²) < 4.78 is 0.884. The molecule has 1 amide bonds. The van der Waals surface area contributed by atoms with Gasteiger partial charge in [0.1, 0.15) is 0 Å². The van der Waals surface area contributed by atoms with Crippen molar-refractivity contribution < 1.29 is 4.79 Å². The van der Waals surface area contributed by atoms with Crippen LogP contribution in [-0.4, -0.2) is 23.9 Å². The Balaban J connectivity index is 3.00. The van der Waals surface area contributed by atoms with Gasteiger partial charge in [0.2, 0.25) is 0 Å². The Morgan fingerprint density at radius 2 is 2.24 bits per heavy atom. The van der Waals surface area contributed by atoms with Crippen LogP contribution in [-0.2, 0) is 0 Å². The highest BCUT2D eigenvalue weighted by molar-refractivity contribution is 9.10. The number of amides is 1. The number of aryl methyl sites for hydroxylation is 1. The Morgan fingerprint density at radius 3 is 2.82 bits per heavy atom. The first-order valence-corrected chi connectivity index (χ1v) is 6.56. The molecule has 0 N–H and O–H groups in total. The Labute approximate surface area is 111 Å². The van der Waals surface area contributed by atoms with Crippen LogP contribution >= 0.6 is 15.9 Å². The molecule has 0 saturated heterocycles. The molecule has 0 fully saturated rings. The van der Waals surface area contributed by atoms with Gasteiger partial charge in [0, 0.05) is 17.6 Å². The van der Waals surface area contributed by atoms with Crippen molar-refractivity contribution in [2.45, 2.75) is 20.3 Å². The van der Waals surface area contributed by atoms with Crippen molar-refractivity contribution in [1.82, 2.24) is 4.90 Å². The van der Waals surface area contributed by atoms with Gasteiger partial charge < -0.3 is 4.90 Å². The minimum absolute atomic E-state index is 0.0577. The van der Waals surface area contributed by atoms with Crippen LogP contribution in [0.1, 0.15) is 29.3 Å². The lowest BCUT2D eigenvalue weighted by Crippen LogP contribution is -2.32. The second-order valence-corrected chi connectivity index (χ2v) is 4.77. The molecule has 0 aromatic heterocycles. The lowest BCUT2D eigenvalue weighted by atomic mass is 10.1. The monoisotopic (exact) mass is 295 g/mol. The van der Waals surface area contributed by atoms with Gasteiger partial charge in [-0.1, -0.05) is 25.1 Å². The minimum atomic E-state index is 0.0577. The summed E-state index contributed by atoms with van der Waals surface area (Å²) in [5.74, 6) is 0.0577. The van der Waals surface area contributed by atoms with Crippen molar-refractivity contribution in [3.8, 4) is 0 Å². The molecular weight excluding hydrogens is 278 g/mol. The highest BCUT2D eigenvalue weighted by Crippen LogP contribution is 2.22. The number of carbonyl (C=O) groups excluding carboxylic acids is 1. The van der Waals surface area contributed by atoms with Gasteiger partial charge in [-0.15, -0.1) is 6.58 Å². The lowest BCUT2D eigenvalue weighted by Gasteiger charge is -2.21. The van der Waals surface area contributed by atoms with Gasteiger partial charge in [-0.3, -0.25) is 4.79 Å². The number of nitrogens with zero attached hydrogens (tertiary/aromatic N) is 1. The fraction of sp³-hybridized carbons (Fsp3) is 0.357. The predicted octanol–water partition coefficient (Wildman–Crippen LogP) is 3.80. The van der Waals surface area contributed by atoms with E-state index in [0.717, 1.165) is 28.6 Å². The molecule has 0 spiro atoms. The Bertz CT molecular complexity index is 415. The summed E-state index contributed by atoms with van der Waals surface area (Å²) >= 11 is 3.48. The molecule has 0 saturated carbocycles. The largest absolute Gasteiger partial charge is 0.335 e. The number of benzene rings is 1. The number of halogens is 1. The maximum atomic E-state index is 12.3. The van der Waals surface area contributed by atoms with Crippen LogP contribution in [0.4, 0.5) is 0 Å².